The van der Waals surface area contributed by atoms with Crippen molar-refractivity contribution in [3.05, 3.63) is 11.1 Å². The van der Waals surface area contributed by atoms with E-state index in [0.29, 0.717) is 18.1 Å². The number of rotatable bonds is 1. The molecule has 3 saturated carbocycles. The smallest absolute Gasteiger partial charge is 0.306 e. The number of fused-ring (bicyclic) bond motifs is 8. The molecule has 1 spiro atoms. The van der Waals surface area contributed by atoms with Crippen molar-refractivity contribution in [3.63, 3.8) is 0 Å². The average Bonchev–Trinajstić information content (AvgIpc) is 3.29. The fraction of sp³-hybridized carbons (Fsp3) is 0.826. The van der Waals surface area contributed by atoms with Gasteiger partial charge in [0.25, 0.3) is 0 Å². The van der Waals surface area contributed by atoms with Gasteiger partial charge in [-0.25, -0.2) is 0 Å². The van der Waals surface area contributed by atoms with E-state index in [1.165, 1.54) is 37.7 Å². The van der Waals surface area contributed by atoms with Gasteiger partial charge in [0.15, 0.2) is 0 Å². The van der Waals surface area contributed by atoms with E-state index in [9.17, 15) is 9.59 Å². The first-order valence-electron chi connectivity index (χ1n) is 11.0. The van der Waals surface area contributed by atoms with E-state index in [1.807, 2.05) is 0 Å². The van der Waals surface area contributed by atoms with Crippen molar-refractivity contribution in [1.82, 2.24) is 0 Å². The van der Waals surface area contributed by atoms with Crippen molar-refractivity contribution in [2.45, 2.75) is 83.2 Å². The van der Waals surface area contributed by atoms with Crippen LogP contribution in [0.4, 0.5) is 0 Å². The SMILES string of the molecule is CC[C@]12CCC3C4=C(CCC3C1C1CC1[C@@]21CCC(=O)O1)CC(=O)CC4. The minimum Gasteiger partial charge on any atom is -0.458 e. The van der Waals surface area contributed by atoms with E-state index in [2.05, 4.69) is 6.92 Å². The predicted octanol–water partition coefficient (Wildman–Crippen LogP) is 4.59. The Morgan fingerprint density at radius 1 is 1.04 bits per heavy atom. The van der Waals surface area contributed by atoms with Crippen LogP contribution in [0.5, 0.6) is 0 Å². The van der Waals surface area contributed by atoms with Gasteiger partial charge in [0.1, 0.15) is 11.4 Å². The monoisotopic (exact) mass is 354 g/mol. The van der Waals surface area contributed by atoms with Crippen LogP contribution in [0.3, 0.4) is 0 Å². The lowest BCUT2D eigenvalue weighted by molar-refractivity contribution is -0.176. The van der Waals surface area contributed by atoms with Crippen LogP contribution in [0, 0.1) is 35.0 Å². The molecule has 0 N–H and O–H groups in total. The Hall–Kier alpha value is -1.12. The molecule has 26 heavy (non-hydrogen) atoms. The molecule has 1 saturated heterocycles. The molecule has 3 heteroatoms. The zero-order valence-electron chi connectivity index (χ0n) is 15.9. The summed E-state index contributed by atoms with van der Waals surface area (Å²) in [5, 5.41) is 0. The highest BCUT2D eigenvalue weighted by Gasteiger charge is 2.79. The van der Waals surface area contributed by atoms with Gasteiger partial charge in [0, 0.05) is 30.6 Å². The zero-order chi connectivity index (χ0) is 17.7. The molecule has 0 radical (unpaired) electrons. The summed E-state index contributed by atoms with van der Waals surface area (Å²) in [5.74, 6) is 4.25. The van der Waals surface area contributed by atoms with Crippen molar-refractivity contribution < 1.29 is 14.3 Å². The van der Waals surface area contributed by atoms with Gasteiger partial charge in [-0.1, -0.05) is 18.1 Å². The Kier molecular flexibility index (Phi) is 3.07. The fourth-order valence-corrected chi connectivity index (χ4v) is 8.85. The molecule has 0 aromatic heterocycles. The molecule has 0 aromatic carbocycles. The van der Waals surface area contributed by atoms with Crippen molar-refractivity contribution >= 4 is 11.8 Å². The number of hydrogen-bond acceptors (Lipinski definition) is 3. The number of esters is 1. The molecule has 3 nitrogen and oxygen atoms in total. The van der Waals surface area contributed by atoms with E-state index >= 15 is 0 Å². The van der Waals surface area contributed by atoms with Crippen LogP contribution in [0.15, 0.2) is 11.1 Å². The Morgan fingerprint density at radius 3 is 2.69 bits per heavy atom. The Bertz CT molecular complexity index is 736. The maximum atomic E-state index is 12.1. The number of Topliss-reactive ketones (excluding diaryl/α,β-unsaturated/α-hetero) is 1. The van der Waals surface area contributed by atoms with Crippen LogP contribution in [0.25, 0.3) is 0 Å². The van der Waals surface area contributed by atoms with Crippen LogP contribution in [-0.2, 0) is 14.3 Å². The highest BCUT2D eigenvalue weighted by atomic mass is 16.6. The summed E-state index contributed by atoms with van der Waals surface area (Å²) < 4.78 is 6.23. The molecular weight excluding hydrogens is 324 g/mol. The lowest BCUT2D eigenvalue weighted by atomic mass is 9.49. The van der Waals surface area contributed by atoms with Gasteiger partial charge in [0.2, 0.25) is 0 Å². The van der Waals surface area contributed by atoms with Crippen LogP contribution in [-0.4, -0.2) is 17.4 Å². The third-order valence-electron chi connectivity index (χ3n) is 9.65. The summed E-state index contributed by atoms with van der Waals surface area (Å²) in [6.45, 7) is 2.36. The third-order valence-corrected chi connectivity index (χ3v) is 9.65. The largest absolute Gasteiger partial charge is 0.458 e. The summed E-state index contributed by atoms with van der Waals surface area (Å²) in [7, 11) is 0. The van der Waals surface area contributed by atoms with E-state index in [1.54, 1.807) is 5.57 Å². The van der Waals surface area contributed by atoms with Gasteiger partial charge in [0.05, 0.1) is 0 Å². The van der Waals surface area contributed by atoms with Crippen molar-refractivity contribution in [2.24, 2.45) is 35.0 Å². The molecule has 0 amide bonds. The van der Waals surface area contributed by atoms with E-state index < -0.39 is 0 Å². The predicted molar refractivity (Wildman–Crippen MR) is 97.2 cm³/mol. The normalized spacial score (nSPS) is 51.7. The van der Waals surface area contributed by atoms with E-state index in [0.717, 1.165) is 55.8 Å². The van der Waals surface area contributed by atoms with Crippen LogP contribution in [0.1, 0.15) is 77.6 Å². The first kappa shape index (κ1) is 15.9. The number of ketones is 1. The highest BCUT2D eigenvalue weighted by molar-refractivity contribution is 5.82. The summed E-state index contributed by atoms with van der Waals surface area (Å²) >= 11 is 0. The molecular formula is C23H30O3. The quantitative estimate of drug-likeness (QED) is 0.511. The second-order valence-electron chi connectivity index (χ2n) is 10.1. The number of carbonyl (C=O) groups excluding carboxylic acids is 2. The van der Waals surface area contributed by atoms with Gasteiger partial charge in [-0.15, -0.1) is 0 Å². The Morgan fingerprint density at radius 2 is 1.92 bits per heavy atom. The lowest BCUT2D eigenvalue weighted by Gasteiger charge is -2.57. The molecule has 6 rings (SSSR count). The molecule has 5 unspecified atom stereocenters. The number of allylic oxidation sites excluding steroid dienone is 2. The summed E-state index contributed by atoms with van der Waals surface area (Å²) in [6.07, 6.45) is 11.6. The van der Waals surface area contributed by atoms with E-state index in [4.69, 9.17) is 4.74 Å². The lowest BCUT2D eigenvalue weighted by Crippen LogP contribution is -2.55. The summed E-state index contributed by atoms with van der Waals surface area (Å²) in [6, 6.07) is 0. The molecule has 6 aliphatic rings. The molecule has 7 atom stereocenters. The standard InChI is InChI=1S/C23H30O3/c1-2-22-9-7-16-15-6-4-14(24)11-13(15)3-5-17(16)21(22)18-12-19(18)23(22)10-8-20(25)26-23/h16-19,21H,2-12H2,1H3/t16?,17?,18?,19?,21?,22-,23-/m0/s1. The number of ether oxygens (including phenoxy) is 1. The molecule has 1 aliphatic heterocycles. The fourth-order valence-electron chi connectivity index (χ4n) is 8.85. The van der Waals surface area contributed by atoms with Gasteiger partial charge < -0.3 is 4.74 Å². The molecule has 5 aliphatic carbocycles. The first-order chi connectivity index (χ1) is 12.6. The zero-order valence-corrected chi connectivity index (χ0v) is 15.9. The second-order valence-corrected chi connectivity index (χ2v) is 10.1. The van der Waals surface area contributed by atoms with Crippen molar-refractivity contribution in [2.75, 3.05) is 0 Å². The minimum atomic E-state index is -0.115. The average molecular weight is 354 g/mol. The number of hydrogen-bond donors (Lipinski definition) is 0. The van der Waals surface area contributed by atoms with Crippen LogP contribution < -0.4 is 0 Å². The topological polar surface area (TPSA) is 43.4 Å². The molecule has 4 fully saturated rings. The Balaban J connectivity index is 1.40. The summed E-state index contributed by atoms with van der Waals surface area (Å²) in [5.41, 5.74) is 3.33. The van der Waals surface area contributed by atoms with Crippen LogP contribution in [0.2, 0.25) is 0 Å². The molecule has 1 heterocycles. The number of carbonyl (C=O) groups is 2. The van der Waals surface area contributed by atoms with Gasteiger partial charge >= 0.3 is 5.97 Å². The maximum Gasteiger partial charge on any atom is 0.306 e. The van der Waals surface area contributed by atoms with E-state index in [-0.39, 0.29) is 17.0 Å². The maximum absolute atomic E-state index is 12.1. The van der Waals surface area contributed by atoms with Crippen molar-refractivity contribution in [1.29, 1.82) is 0 Å². The van der Waals surface area contributed by atoms with Crippen molar-refractivity contribution in [3.8, 4) is 0 Å². The molecule has 0 bridgehead atoms. The van der Waals surface area contributed by atoms with Gasteiger partial charge in [-0.3, -0.25) is 9.59 Å². The first-order valence-corrected chi connectivity index (χ1v) is 11.0. The molecule has 0 aromatic rings. The minimum absolute atomic E-state index is 0.0608. The summed E-state index contributed by atoms with van der Waals surface area (Å²) in [4.78, 5) is 24.1. The molecule has 140 valence electrons. The Labute approximate surface area is 155 Å². The van der Waals surface area contributed by atoms with Gasteiger partial charge in [-0.05, 0) is 75.0 Å². The third kappa shape index (κ3) is 1.72. The van der Waals surface area contributed by atoms with Crippen LogP contribution >= 0.6 is 0 Å². The highest BCUT2D eigenvalue weighted by Crippen LogP contribution is 2.79. The van der Waals surface area contributed by atoms with Gasteiger partial charge in [-0.2, -0.15) is 0 Å². The second kappa shape index (κ2) is 5.02.